The Bertz CT molecular complexity index is 689. The molecule has 4 heteroatoms. The van der Waals surface area contributed by atoms with Crippen molar-refractivity contribution in [3.05, 3.63) is 0 Å². The van der Waals surface area contributed by atoms with E-state index in [0.29, 0.717) is 47.2 Å². The Morgan fingerprint density at radius 3 is 2.55 bits per heavy atom. The van der Waals surface area contributed by atoms with E-state index in [2.05, 4.69) is 20.8 Å². The first-order chi connectivity index (χ1) is 14.7. The van der Waals surface area contributed by atoms with Gasteiger partial charge in [-0.25, -0.2) is 0 Å². The molecule has 0 aromatic rings. The Hall–Kier alpha value is -0.900. The first-order valence-corrected chi connectivity index (χ1v) is 13.1. The SMILES string of the molecule is CCC(=O)OC(O)CCC(C)C1CC[C@H]2[C@@H]3CCC4CC(=O)CC[C@]4(C)[C@@H]3CC[C@]12C. The van der Waals surface area contributed by atoms with Crippen molar-refractivity contribution in [1.29, 1.82) is 0 Å². The summed E-state index contributed by atoms with van der Waals surface area (Å²) in [7, 11) is 0. The van der Waals surface area contributed by atoms with Crippen LogP contribution in [0.3, 0.4) is 0 Å². The summed E-state index contributed by atoms with van der Waals surface area (Å²) in [5.74, 6) is 4.51. The summed E-state index contributed by atoms with van der Waals surface area (Å²) >= 11 is 0. The van der Waals surface area contributed by atoms with E-state index in [1.54, 1.807) is 6.92 Å². The van der Waals surface area contributed by atoms with Crippen LogP contribution < -0.4 is 0 Å². The van der Waals surface area contributed by atoms with Crippen molar-refractivity contribution in [1.82, 2.24) is 0 Å². The highest BCUT2D eigenvalue weighted by molar-refractivity contribution is 5.79. The molecule has 31 heavy (non-hydrogen) atoms. The van der Waals surface area contributed by atoms with Crippen molar-refractivity contribution in [3.63, 3.8) is 0 Å². The number of carbonyl (C=O) groups is 2. The second-order valence-electron chi connectivity index (χ2n) is 12.0. The molecule has 0 amide bonds. The molecule has 0 heterocycles. The summed E-state index contributed by atoms with van der Waals surface area (Å²) in [6.07, 6.45) is 11.5. The number of aliphatic hydroxyl groups excluding tert-OH is 1. The average Bonchev–Trinajstić information content (AvgIpc) is 3.09. The van der Waals surface area contributed by atoms with Gasteiger partial charge in [-0.3, -0.25) is 9.59 Å². The highest BCUT2D eigenvalue weighted by atomic mass is 16.6. The average molecular weight is 433 g/mol. The topological polar surface area (TPSA) is 63.6 Å². The lowest BCUT2D eigenvalue weighted by molar-refractivity contribution is -0.169. The van der Waals surface area contributed by atoms with Gasteiger partial charge in [-0.1, -0.05) is 27.7 Å². The number of Topliss-reactive ketones (excluding diaryl/α,β-unsaturated/α-hetero) is 1. The van der Waals surface area contributed by atoms with Gasteiger partial charge in [0, 0.05) is 25.7 Å². The second kappa shape index (κ2) is 8.80. The molecule has 0 saturated heterocycles. The molecular weight excluding hydrogens is 388 g/mol. The maximum absolute atomic E-state index is 12.1. The molecule has 0 aliphatic heterocycles. The summed E-state index contributed by atoms with van der Waals surface area (Å²) in [5, 5.41) is 10.1. The van der Waals surface area contributed by atoms with Gasteiger partial charge in [0.15, 0.2) is 0 Å². The molecule has 176 valence electrons. The molecule has 0 aromatic heterocycles. The Morgan fingerprint density at radius 2 is 1.81 bits per heavy atom. The number of aliphatic hydroxyl groups is 1. The van der Waals surface area contributed by atoms with Crippen LogP contribution in [0.15, 0.2) is 0 Å². The molecule has 0 spiro atoms. The number of carbonyl (C=O) groups excluding carboxylic acids is 2. The van der Waals surface area contributed by atoms with E-state index in [4.69, 9.17) is 4.74 Å². The number of hydrogen-bond donors (Lipinski definition) is 1. The van der Waals surface area contributed by atoms with Crippen molar-refractivity contribution in [2.75, 3.05) is 0 Å². The zero-order chi connectivity index (χ0) is 22.4. The predicted octanol–water partition coefficient (Wildman–Crippen LogP) is 5.90. The smallest absolute Gasteiger partial charge is 0.307 e. The van der Waals surface area contributed by atoms with Crippen molar-refractivity contribution >= 4 is 11.8 Å². The minimum atomic E-state index is -0.958. The number of rotatable bonds is 6. The quantitative estimate of drug-likeness (QED) is 0.419. The zero-order valence-corrected chi connectivity index (χ0v) is 20.2. The van der Waals surface area contributed by atoms with Gasteiger partial charge in [0.2, 0.25) is 6.29 Å². The maximum Gasteiger partial charge on any atom is 0.307 e. The number of hydrogen-bond acceptors (Lipinski definition) is 4. The van der Waals surface area contributed by atoms with E-state index < -0.39 is 6.29 Å². The minimum absolute atomic E-state index is 0.311. The lowest BCUT2D eigenvalue weighted by Gasteiger charge is -2.60. The van der Waals surface area contributed by atoms with E-state index >= 15 is 0 Å². The van der Waals surface area contributed by atoms with Gasteiger partial charge in [-0.05, 0) is 97.7 Å². The summed E-state index contributed by atoms with van der Waals surface area (Å²) in [5.41, 5.74) is 0.786. The van der Waals surface area contributed by atoms with E-state index in [1.165, 1.54) is 38.5 Å². The molecule has 4 nitrogen and oxygen atoms in total. The largest absolute Gasteiger partial charge is 0.436 e. The van der Waals surface area contributed by atoms with Crippen LogP contribution in [0.25, 0.3) is 0 Å². The van der Waals surface area contributed by atoms with Gasteiger partial charge in [0.25, 0.3) is 0 Å². The molecule has 9 atom stereocenters. The van der Waals surface area contributed by atoms with E-state index in [1.807, 2.05) is 0 Å². The van der Waals surface area contributed by atoms with Crippen molar-refractivity contribution < 1.29 is 19.4 Å². The summed E-state index contributed by atoms with van der Waals surface area (Å²) in [4.78, 5) is 23.6. The van der Waals surface area contributed by atoms with Crippen molar-refractivity contribution in [2.45, 2.75) is 111 Å². The first kappa shape index (κ1) is 23.3. The number of ketones is 1. The van der Waals surface area contributed by atoms with E-state index in [-0.39, 0.29) is 5.97 Å². The van der Waals surface area contributed by atoms with Crippen LogP contribution in [0.5, 0.6) is 0 Å². The lowest BCUT2D eigenvalue weighted by Crippen LogP contribution is -2.53. The fourth-order valence-electron chi connectivity index (χ4n) is 8.92. The molecule has 4 aliphatic carbocycles. The molecule has 4 saturated carbocycles. The molecule has 0 bridgehead atoms. The fourth-order valence-corrected chi connectivity index (χ4v) is 8.92. The Morgan fingerprint density at radius 1 is 1.06 bits per heavy atom. The van der Waals surface area contributed by atoms with Crippen LogP contribution in [-0.2, 0) is 14.3 Å². The van der Waals surface area contributed by atoms with Gasteiger partial charge in [-0.15, -0.1) is 0 Å². The van der Waals surface area contributed by atoms with Gasteiger partial charge in [0.1, 0.15) is 5.78 Å². The van der Waals surface area contributed by atoms with Crippen molar-refractivity contribution in [3.8, 4) is 0 Å². The van der Waals surface area contributed by atoms with Crippen LogP contribution in [0, 0.1) is 46.3 Å². The molecular formula is C27H44O4. The standard InChI is InChI=1S/C27H44O4/c1-5-24(29)31-25(30)11-6-17(2)21-9-10-22-20-8-7-18-16-19(28)12-14-26(18,3)23(20)13-15-27(21,22)4/h17-18,20-23,25,30H,5-16H2,1-4H3/t17?,18?,20-,21?,22-,23+,25?,26-,27+/m0/s1. The Balaban J connectivity index is 1.41. The number of esters is 1. The van der Waals surface area contributed by atoms with Gasteiger partial charge < -0.3 is 9.84 Å². The van der Waals surface area contributed by atoms with E-state index in [9.17, 15) is 14.7 Å². The number of fused-ring (bicyclic) bond motifs is 5. The Kier molecular flexibility index (Phi) is 6.60. The first-order valence-electron chi connectivity index (χ1n) is 13.1. The third-order valence-corrected chi connectivity index (χ3v) is 10.7. The molecule has 1 N–H and O–H groups in total. The van der Waals surface area contributed by atoms with Crippen LogP contribution in [0.1, 0.15) is 105 Å². The molecule has 0 aromatic carbocycles. The summed E-state index contributed by atoms with van der Waals surface area (Å²) in [6.45, 7) is 9.20. The zero-order valence-electron chi connectivity index (χ0n) is 20.2. The van der Waals surface area contributed by atoms with Crippen molar-refractivity contribution in [2.24, 2.45) is 46.3 Å². The molecule has 4 fully saturated rings. The second-order valence-corrected chi connectivity index (χ2v) is 12.0. The third-order valence-electron chi connectivity index (χ3n) is 10.7. The lowest BCUT2D eigenvalue weighted by atomic mass is 9.44. The Labute approximate surface area is 188 Å². The molecule has 4 aliphatic rings. The van der Waals surface area contributed by atoms with Crippen LogP contribution in [0.4, 0.5) is 0 Å². The maximum atomic E-state index is 12.1. The predicted molar refractivity (Wildman–Crippen MR) is 121 cm³/mol. The van der Waals surface area contributed by atoms with E-state index in [0.717, 1.165) is 43.4 Å². The minimum Gasteiger partial charge on any atom is -0.436 e. The molecule has 4 unspecified atom stereocenters. The third kappa shape index (κ3) is 4.11. The van der Waals surface area contributed by atoms with Crippen LogP contribution >= 0.6 is 0 Å². The number of ether oxygens (including phenoxy) is 1. The highest BCUT2D eigenvalue weighted by Crippen LogP contribution is 2.68. The normalized spacial score (nSPS) is 44.0. The fraction of sp³-hybridized carbons (Fsp3) is 0.926. The van der Waals surface area contributed by atoms with Crippen LogP contribution in [-0.4, -0.2) is 23.1 Å². The summed E-state index contributed by atoms with van der Waals surface area (Å²) < 4.78 is 5.08. The summed E-state index contributed by atoms with van der Waals surface area (Å²) in [6, 6.07) is 0. The van der Waals surface area contributed by atoms with Crippen LogP contribution in [0.2, 0.25) is 0 Å². The highest BCUT2D eigenvalue weighted by Gasteiger charge is 2.60. The van der Waals surface area contributed by atoms with Gasteiger partial charge >= 0.3 is 5.97 Å². The monoisotopic (exact) mass is 432 g/mol. The molecule has 0 radical (unpaired) electrons. The molecule has 4 rings (SSSR count). The van der Waals surface area contributed by atoms with Gasteiger partial charge in [-0.2, -0.15) is 0 Å². The van der Waals surface area contributed by atoms with Gasteiger partial charge in [0.05, 0.1) is 0 Å².